The van der Waals surface area contributed by atoms with E-state index in [2.05, 4.69) is 0 Å². The van der Waals surface area contributed by atoms with Gasteiger partial charge in [-0.3, -0.25) is 4.79 Å². The van der Waals surface area contributed by atoms with E-state index in [0.717, 1.165) is 0 Å². The molecule has 88 valence electrons. The van der Waals surface area contributed by atoms with Crippen LogP contribution in [0.5, 0.6) is 5.75 Å². The molecule has 0 bridgehead atoms. The lowest BCUT2D eigenvalue weighted by Gasteiger charge is -2.18. The summed E-state index contributed by atoms with van der Waals surface area (Å²) >= 11 is 0. The predicted molar refractivity (Wildman–Crippen MR) is 59.1 cm³/mol. The molecule has 4 heteroatoms. The smallest absolute Gasteiger partial charge is 0.309 e. The Morgan fingerprint density at radius 1 is 1.31 bits per heavy atom. The molecule has 0 radical (unpaired) electrons. The van der Waals surface area contributed by atoms with Crippen LogP contribution >= 0.6 is 0 Å². The highest BCUT2D eigenvalue weighted by molar-refractivity contribution is 5.71. The van der Waals surface area contributed by atoms with Crippen LogP contribution in [0.4, 0.5) is 0 Å². The molecule has 0 amide bonds. The van der Waals surface area contributed by atoms with Gasteiger partial charge in [0, 0.05) is 0 Å². The van der Waals surface area contributed by atoms with E-state index in [1.165, 1.54) is 24.3 Å². The minimum absolute atomic E-state index is 0.0957. The third-order valence-electron chi connectivity index (χ3n) is 2.53. The Morgan fingerprint density at radius 2 is 1.88 bits per heavy atom. The fourth-order valence-corrected chi connectivity index (χ4v) is 1.63. The number of benzene rings is 1. The van der Waals surface area contributed by atoms with Gasteiger partial charge in [0.2, 0.25) is 0 Å². The van der Waals surface area contributed by atoms with Gasteiger partial charge in [0.15, 0.2) is 0 Å². The number of aliphatic carboxylic acids is 1. The average Bonchev–Trinajstić information content (AvgIpc) is 2.25. The number of hydrogen-bond donors (Lipinski definition) is 3. The highest BCUT2D eigenvalue weighted by Gasteiger charge is 2.26. The van der Waals surface area contributed by atoms with E-state index in [0.29, 0.717) is 18.4 Å². The molecule has 0 spiro atoms. The van der Waals surface area contributed by atoms with Crippen molar-refractivity contribution < 1.29 is 20.1 Å². The molecule has 1 rings (SSSR count). The lowest BCUT2D eigenvalue weighted by Crippen LogP contribution is -2.21. The Balaban J connectivity index is 2.85. The van der Waals surface area contributed by atoms with Gasteiger partial charge in [-0.05, 0) is 24.1 Å². The van der Waals surface area contributed by atoms with Crippen molar-refractivity contribution in [3.63, 3.8) is 0 Å². The van der Waals surface area contributed by atoms with Gasteiger partial charge < -0.3 is 15.3 Å². The summed E-state index contributed by atoms with van der Waals surface area (Å²) in [5.74, 6) is -1.70. The van der Waals surface area contributed by atoms with Gasteiger partial charge in [-0.25, -0.2) is 0 Å². The van der Waals surface area contributed by atoms with E-state index >= 15 is 0 Å². The minimum atomic E-state index is -1.03. The van der Waals surface area contributed by atoms with E-state index < -0.39 is 18.0 Å². The normalized spacial score (nSPS) is 14.4. The number of carboxylic acids is 1. The Hall–Kier alpha value is -1.55. The van der Waals surface area contributed by atoms with Crippen LogP contribution < -0.4 is 0 Å². The van der Waals surface area contributed by atoms with E-state index in [1.807, 2.05) is 6.92 Å². The zero-order chi connectivity index (χ0) is 12.1. The molecule has 2 unspecified atom stereocenters. The maximum atomic E-state index is 11.0. The van der Waals surface area contributed by atoms with Gasteiger partial charge in [0.25, 0.3) is 0 Å². The largest absolute Gasteiger partial charge is 0.508 e. The summed E-state index contributed by atoms with van der Waals surface area (Å²) in [7, 11) is 0. The monoisotopic (exact) mass is 224 g/mol. The number of aliphatic hydroxyl groups excluding tert-OH is 1. The van der Waals surface area contributed by atoms with Gasteiger partial charge in [-0.1, -0.05) is 25.5 Å². The Labute approximate surface area is 94.2 Å². The van der Waals surface area contributed by atoms with Crippen LogP contribution in [0.15, 0.2) is 24.3 Å². The van der Waals surface area contributed by atoms with Crippen molar-refractivity contribution in [3.8, 4) is 5.75 Å². The van der Waals surface area contributed by atoms with Crippen LogP contribution in [0.25, 0.3) is 0 Å². The molecule has 0 aliphatic carbocycles. The van der Waals surface area contributed by atoms with Crippen LogP contribution in [0, 0.1) is 5.92 Å². The van der Waals surface area contributed by atoms with Gasteiger partial charge in [0.1, 0.15) is 5.75 Å². The van der Waals surface area contributed by atoms with Crippen molar-refractivity contribution in [1.29, 1.82) is 0 Å². The fraction of sp³-hybridized carbons (Fsp3) is 0.417. The number of hydrogen-bond acceptors (Lipinski definition) is 3. The second-order valence-corrected chi connectivity index (χ2v) is 3.77. The number of aliphatic hydroxyl groups is 1. The van der Waals surface area contributed by atoms with Gasteiger partial charge in [-0.15, -0.1) is 0 Å². The summed E-state index contributed by atoms with van der Waals surface area (Å²) in [6, 6.07) is 5.93. The molecular formula is C12H16O4. The lowest BCUT2D eigenvalue weighted by molar-refractivity contribution is -0.146. The summed E-state index contributed by atoms with van der Waals surface area (Å²) in [5.41, 5.74) is 0.513. The molecule has 3 N–H and O–H groups in total. The second-order valence-electron chi connectivity index (χ2n) is 3.77. The van der Waals surface area contributed by atoms with E-state index in [9.17, 15) is 9.90 Å². The summed E-state index contributed by atoms with van der Waals surface area (Å²) in [4.78, 5) is 11.0. The van der Waals surface area contributed by atoms with Crippen LogP contribution in [0.2, 0.25) is 0 Å². The molecule has 0 heterocycles. The van der Waals surface area contributed by atoms with Crippen molar-refractivity contribution in [2.24, 2.45) is 5.92 Å². The highest BCUT2D eigenvalue weighted by Crippen LogP contribution is 2.27. The molecule has 1 aromatic carbocycles. The number of aromatic hydroxyl groups is 1. The highest BCUT2D eigenvalue weighted by atomic mass is 16.4. The third-order valence-corrected chi connectivity index (χ3v) is 2.53. The van der Waals surface area contributed by atoms with Gasteiger partial charge in [0.05, 0.1) is 12.0 Å². The number of phenols is 1. The van der Waals surface area contributed by atoms with E-state index in [-0.39, 0.29) is 5.75 Å². The first-order chi connectivity index (χ1) is 7.56. The summed E-state index contributed by atoms with van der Waals surface area (Å²) in [6.45, 7) is 1.87. The SMILES string of the molecule is CCCC(C(=O)O)C(O)c1ccc(O)cc1. The van der Waals surface area contributed by atoms with Crippen LogP contribution in [-0.4, -0.2) is 21.3 Å². The number of rotatable bonds is 5. The average molecular weight is 224 g/mol. The van der Waals surface area contributed by atoms with Crippen molar-refractivity contribution >= 4 is 5.97 Å². The molecule has 0 aliphatic heterocycles. The molecule has 4 nitrogen and oxygen atoms in total. The predicted octanol–water partition coefficient (Wildman–Crippen LogP) is 1.93. The maximum Gasteiger partial charge on any atom is 0.309 e. The van der Waals surface area contributed by atoms with Crippen molar-refractivity contribution in [2.75, 3.05) is 0 Å². The number of carboxylic acid groups (broad SMARTS) is 1. The van der Waals surface area contributed by atoms with Crippen molar-refractivity contribution in [3.05, 3.63) is 29.8 Å². The molecular weight excluding hydrogens is 208 g/mol. The van der Waals surface area contributed by atoms with Gasteiger partial charge >= 0.3 is 5.97 Å². The van der Waals surface area contributed by atoms with Crippen LogP contribution in [0.3, 0.4) is 0 Å². The van der Waals surface area contributed by atoms with Crippen LogP contribution in [-0.2, 0) is 4.79 Å². The van der Waals surface area contributed by atoms with Crippen molar-refractivity contribution in [1.82, 2.24) is 0 Å². The zero-order valence-electron chi connectivity index (χ0n) is 9.13. The van der Waals surface area contributed by atoms with Gasteiger partial charge in [-0.2, -0.15) is 0 Å². The number of phenolic OH excluding ortho intramolecular Hbond substituents is 1. The molecule has 16 heavy (non-hydrogen) atoms. The van der Waals surface area contributed by atoms with E-state index in [1.54, 1.807) is 0 Å². The Bertz CT molecular complexity index is 345. The van der Waals surface area contributed by atoms with E-state index in [4.69, 9.17) is 10.2 Å². The standard InChI is InChI=1S/C12H16O4/c1-2-3-10(12(15)16)11(14)8-4-6-9(13)7-5-8/h4-7,10-11,13-14H,2-3H2,1H3,(H,15,16). The molecule has 1 aromatic rings. The molecule has 0 saturated heterocycles. The molecule has 0 aromatic heterocycles. The Kier molecular flexibility index (Phi) is 4.31. The quantitative estimate of drug-likeness (QED) is 0.714. The zero-order valence-corrected chi connectivity index (χ0v) is 9.13. The lowest BCUT2D eigenvalue weighted by atomic mass is 9.92. The molecule has 0 aliphatic rings. The number of carbonyl (C=O) groups is 1. The molecule has 0 fully saturated rings. The first kappa shape index (κ1) is 12.5. The fourth-order valence-electron chi connectivity index (χ4n) is 1.63. The minimum Gasteiger partial charge on any atom is -0.508 e. The first-order valence-corrected chi connectivity index (χ1v) is 5.26. The third kappa shape index (κ3) is 2.97. The Morgan fingerprint density at radius 3 is 2.31 bits per heavy atom. The topological polar surface area (TPSA) is 77.8 Å². The summed E-state index contributed by atoms with van der Waals surface area (Å²) in [6.07, 6.45) is 0.0989. The molecule has 0 saturated carbocycles. The summed E-state index contributed by atoms with van der Waals surface area (Å²) < 4.78 is 0. The van der Waals surface area contributed by atoms with Crippen LogP contribution in [0.1, 0.15) is 31.4 Å². The maximum absolute atomic E-state index is 11.0. The summed E-state index contributed by atoms with van der Waals surface area (Å²) in [5, 5.41) is 28.0. The molecule has 2 atom stereocenters. The second kappa shape index (κ2) is 5.51. The van der Waals surface area contributed by atoms with Crippen molar-refractivity contribution in [2.45, 2.75) is 25.9 Å². The first-order valence-electron chi connectivity index (χ1n) is 5.26.